The van der Waals surface area contributed by atoms with Crippen LogP contribution in [0.5, 0.6) is 5.75 Å². The quantitative estimate of drug-likeness (QED) is 0.732. The van der Waals surface area contributed by atoms with Gasteiger partial charge in [0.25, 0.3) is 5.56 Å². The maximum absolute atomic E-state index is 12.1. The zero-order valence-corrected chi connectivity index (χ0v) is 13.4. The first-order valence-corrected chi connectivity index (χ1v) is 7.90. The number of alkyl halides is 2. The van der Waals surface area contributed by atoms with Crippen LogP contribution >= 0.6 is 11.3 Å². The van der Waals surface area contributed by atoms with Crippen LogP contribution in [0.2, 0.25) is 0 Å². The van der Waals surface area contributed by atoms with Crippen molar-refractivity contribution in [2.75, 3.05) is 5.32 Å². The average molecular weight is 353 g/mol. The van der Waals surface area contributed by atoms with Gasteiger partial charge in [-0.25, -0.2) is 4.98 Å². The Labute approximate surface area is 139 Å². The molecule has 0 fully saturated rings. The van der Waals surface area contributed by atoms with Gasteiger partial charge in [0.15, 0.2) is 0 Å². The van der Waals surface area contributed by atoms with Gasteiger partial charge in [0.05, 0.1) is 18.4 Å². The van der Waals surface area contributed by atoms with Crippen LogP contribution in [0.1, 0.15) is 18.3 Å². The molecule has 0 saturated carbocycles. The zero-order chi connectivity index (χ0) is 17.1. The number of nitrogens with zero attached hydrogens (tertiary/aromatic N) is 4. The van der Waals surface area contributed by atoms with E-state index in [1.54, 1.807) is 6.07 Å². The third-order valence-corrected chi connectivity index (χ3v) is 3.97. The number of nitrogens with one attached hydrogen (secondary N) is 1. The summed E-state index contributed by atoms with van der Waals surface area (Å²) in [6.07, 6.45) is 1.89. The Morgan fingerprint density at radius 1 is 1.38 bits per heavy atom. The van der Waals surface area contributed by atoms with E-state index in [2.05, 4.69) is 25.1 Å². The van der Waals surface area contributed by atoms with Gasteiger partial charge < -0.3 is 10.1 Å². The Kier molecular flexibility index (Phi) is 4.65. The number of ether oxygens (including phenoxy) is 1. The fraction of sp³-hybridized carbons (Fsp3) is 0.286. The van der Waals surface area contributed by atoms with E-state index in [-0.39, 0.29) is 11.3 Å². The minimum atomic E-state index is -2.88. The molecular weight excluding hydrogens is 340 g/mol. The minimum absolute atomic E-state index is 0.00316. The summed E-state index contributed by atoms with van der Waals surface area (Å²) in [6, 6.07) is 4.44. The highest BCUT2D eigenvalue weighted by molar-refractivity contribution is 7.20. The van der Waals surface area contributed by atoms with Gasteiger partial charge in [-0.05, 0) is 18.6 Å². The molecule has 126 valence electrons. The molecule has 0 atom stereocenters. The SMILES string of the molecule is CCc1cc(=O)n2nc(NCc3ccc(OC(F)F)cn3)sc2n1. The van der Waals surface area contributed by atoms with Gasteiger partial charge in [0.2, 0.25) is 10.1 Å². The molecule has 3 aromatic rings. The second-order valence-corrected chi connectivity index (χ2v) is 5.71. The lowest BCUT2D eigenvalue weighted by molar-refractivity contribution is -0.0500. The Hall–Kier alpha value is -2.62. The van der Waals surface area contributed by atoms with Crippen LogP contribution < -0.4 is 15.6 Å². The van der Waals surface area contributed by atoms with Crippen molar-refractivity contribution < 1.29 is 13.5 Å². The lowest BCUT2D eigenvalue weighted by Crippen LogP contribution is -2.15. The number of aromatic nitrogens is 4. The number of rotatable bonds is 6. The Morgan fingerprint density at radius 3 is 2.88 bits per heavy atom. The van der Waals surface area contributed by atoms with Crippen molar-refractivity contribution in [1.82, 2.24) is 19.6 Å². The molecule has 1 N–H and O–H groups in total. The molecule has 0 aliphatic heterocycles. The summed E-state index contributed by atoms with van der Waals surface area (Å²) >= 11 is 1.25. The number of hydrogen-bond donors (Lipinski definition) is 1. The lowest BCUT2D eigenvalue weighted by Gasteiger charge is -2.05. The standard InChI is InChI=1S/C14H13F2N5O2S/c1-2-8-5-11(22)21-14(19-8)24-13(20-21)18-6-9-3-4-10(7-17-9)23-12(15)16/h3-5,7,12H,2,6H2,1H3,(H,18,20). The van der Waals surface area contributed by atoms with Crippen molar-refractivity contribution in [3.63, 3.8) is 0 Å². The Balaban J connectivity index is 1.71. The first-order chi connectivity index (χ1) is 11.5. The summed E-state index contributed by atoms with van der Waals surface area (Å²) in [6.45, 7) is -0.632. The summed E-state index contributed by atoms with van der Waals surface area (Å²) in [7, 11) is 0. The molecule has 0 aliphatic carbocycles. The van der Waals surface area contributed by atoms with Crippen molar-refractivity contribution >= 4 is 21.4 Å². The van der Waals surface area contributed by atoms with Gasteiger partial charge in [-0.1, -0.05) is 18.3 Å². The molecule has 0 unspecified atom stereocenters. The molecule has 0 bridgehead atoms. The third-order valence-electron chi connectivity index (χ3n) is 3.10. The molecule has 0 aliphatic rings. The molecule has 7 nitrogen and oxygen atoms in total. The second-order valence-electron chi connectivity index (χ2n) is 4.76. The highest BCUT2D eigenvalue weighted by Gasteiger charge is 2.09. The molecule has 24 heavy (non-hydrogen) atoms. The van der Waals surface area contributed by atoms with Crippen molar-refractivity contribution in [3.8, 4) is 5.75 Å². The van der Waals surface area contributed by atoms with Crippen molar-refractivity contribution in [3.05, 3.63) is 46.1 Å². The molecule has 3 aromatic heterocycles. The molecule has 10 heteroatoms. The third kappa shape index (κ3) is 3.65. The van der Waals surface area contributed by atoms with Crippen LogP contribution in [-0.2, 0) is 13.0 Å². The van der Waals surface area contributed by atoms with E-state index in [1.807, 2.05) is 6.92 Å². The van der Waals surface area contributed by atoms with Gasteiger partial charge in [0.1, 0.15) is 5.75 Å². The largest absolute Gasteiger partial charge is 0.433 e. The maximum Gasteiger partial charge on any atom is 0.387 e. The first-order valence-electron chi connectivity index (χ1n) is 7.08. The van der Waals surface area contributed by atoms with Gasteiger partial charge >= 0.3 is 6.61 Å². The summed E-state index contributed by atoms with van der Waals surface area (Å²) in [5, 5.41) is 7.70. The highest BCUT2D eigenvalue weighted by atomic mass is 32.1. The molecule has 0 saturated heterocycles. The first kappa shape index (κ1) is 16.2. The van der Waals surface area contributed by atoms with E-state index in [0.717, 1.165) is 0 Å². The van der Waals surface area contributed by atoms with E-state index in [0.29, 0.717) is 34.4 Å². The van der Waals surface area contributed by atoms with E-state index in [9.17, 15) is 13.6 Å². The zero-order valence-electron chi connectivity index (χ0n) is 12.6. The molecule has 0 amide bonds. The molecular formula is C14H13F2N5O2S. The topological polar surface area (TPSA) is 81.4 Å². The molecule has 0 radical (unpaired) electrons. The fourth-order valence-electron chi connectivity index (χ4n) is 1.96. The second kappa shape index (κ2) is 6.87. The van der Waals surface area contributed by atoms with Crippen LogP contribution in [0.4, 0.5) is 13.9 Å². The van der Waals surface area contributed by atoms with Crippen molar-refractivity contribution in [2.24, 2.45) is 0 Å². The lowest BCUT2D eigenvalue weighted by atomic mass is 10.3. The molecule has 3 rings (SSSR count). The maximum atomic E-state index is 12.1. The number of halogens is 2. The normalized spacial score (nSPS) is 11.2. The minimum Gasteiger partial charge on any atom is -0.433 e. The van der Waals surface area contributed by atoms with E-state index in [4.69, 9.17) is 0 Å². The van der Waals surface area contributed by atoms with Crippen LogP contribution in [0.25, 0.3) is 4.96 Å². The smallest absolute Gasteiger partial charge is 0.387 e. The number of anilines is 1. The van der Waals surface area contributed by atoms with Gasteiger partial charge in [-0.3, -0.25) is 9.78 Å². The predicted octanol–water partition coefficient (Wildman–Crippen LogP) is 2.32. The number of fused-ring (bicyclic) bond motifs is 1. The predicted molar refractivity (Wildman–Crippen MR) is 84.7 cm³/mol. The summed E-state index contributed by atoms with van der Waals surface area (Å²) in [5.41, 5.74) is 1.10. The molecule has 0 aromatic carbocycles. The van der Waals surface area contributed by atoms with E-state index >= 15 is 0 Å². The number of aryl methyl sites for hydroxylation is 1. The molecule has 3 heterocycles. The van der Waals surface area contributed by atoms with E-state index < -0.39 is 6.61 Å². The van der Waals surface area contributed by atoms with Crippen molar-refractivity contribution in [1.29, 1.82) is 0 Å². The van der Waals surface area contributed by atoms with Gasteiger partial charge in [-0.2, -0.15) is 13.3 Å². The van der Waals surface area contributed by atoms with Gasteiger partial charge in [0, 0.05) is 11.8 Å². The van der Waals surface area contributed by atoms with E-state index in [1.165, 1.54) is 34.2 Å². The van der Waals surface area contributed by atoms with Crippen LogP contribution in [0.3, 0.4) is 0 Å². The summed E-state index contributed by atoms with van der Waals surface area (Å²) < 4.78 is 29.6. The fourth-order valence-corrected chi connectivity index (χ4v) is 2.78. The summed E-state index contributed by atoms with van der Waals surface area (Å²) in [4.78, 5) is 20.8. The Morgan fingerprint density at radius 2 is 2.21 bits per heavy atom. The number of pyridine rings is 1. The number of hydrogen-bond acceptors (Lipinski definition) is 7. The van der Waals surface area contributed by atoms with Crippen LogP contribution in [0.15, 0.2) is 29.2 Å². The average Bonchev–Trinajstić information content (AvgIpc) is 2.97. The molecule has 0 spiro atoms. The Bertz CT molecular complexity index is 894. The van der Waals surface area contributed by atoms with Crippen LogP contribution in [0, 0.1) is 0 Å². The van der Waals surface area contributed by atoms with Gasteiger partial charge in [-0.15, -0.1) is 5.10 Å². The monoisotopic (exact) mass is 353 g/mol. The summed E-state index contributed by atoms with van der Waals surface area (Å²) in [5.74, 6) is -0.00316. The van der Waals surface area contributed by atoms with Crippen LogP contribution in [-0.4, -0.2) is 26.2 Å². The van der Waals surface area contributed by atoms with Crippen molar-refractivity contribution in [2.45, 2.75) is 26.5 Å². The highest BCUT2D eigenvalue weighted by Crippen LogP contribution is 2.18.